The quantitative estimate of drug-likeness (QED) is 0.811. The third-order valence-corrected chi connectivity index (χ3v) is 3.32. The van der Waals surface area contributed by atoms with Crippen LogP contribution in [-0.2, 0) is 0 Å². The average Bonchev–Trinajstić information content (AvgIpc) is 2.84. The van der Waals surface area contributed by atoms with Gasteiger partial charge in [-0.05, 0) is 32.1 Å². The summed E-state index contributed by atoms with van der Waals surface area (Å²) in [6.45, 7) is 3.86. The van der Waals surface area contributed by atoms with Gasteiger partial charge in [0.1, 0.15) is 6.04 Å². The van der Waals surface area contributed by atoms with E-state index in [4.69, 9.17) is 10.3 Å². The first-order valence-electron chi connectivity index (χ1n) is 5.85. The predicted octanol–water partition coefficient (Wildman–Crippen LogP) is 1.35. The standard InChI is InChI=1S/C11H19N3O2/c1-6-3-4-8(5-6)10-13-11(16-14-10)9(12)7(2)15/h6-9,15H,3-5,12H2,1-2H3. The van der Waals surface area contributed by atoms with Gasteiger partial charge in [-0.3, -0.25) is 0 Å². The van der Waals surface area contributed by atoms with Crippen molar-refractivity contribution in [2.24, 2.45) is 11.7 Å². The zero-order valence-electron chi connectivity index (χ0n) is 9.76. The Morgan fingerprint density at radius 2 is 2.25 bits per heavy atom. The molecule has 0 bridgehead atoms. The van der Waals surface area contributed by atoms with Gasteiger partial charge in [-0.25, -0.2) is 0 Å². The van der Waals surface area contributed by atoms with E-state index in [2.05, 4.69) is 17.1 Å². The Labute approximate surface area is 95.0 Å². The molecule has 4 atom stereocenters. The van der Waals surface area contributed by atoms with E-state index in [9.17, 15) is 5.11 Å². The summed E-state index contributed by atoms with van der Waals surface area (Å²) in [6.07, 6.45) is 2.78. The van der Waals surface area contributed by atoms with Gasteiger partial charge >= 0.3 is 0 Å². The third kappa shape index (κ3) is 2.25. The van der Waals surface area contributed by atoms with Crippen molar-refractivity contribution in [3.63, 3.8) is 0 Å². The van der Waals surface area contributed by atoms with E-state index in [-0.39, 0.29) is 0 Å². The van der Waals surface area contributed by atoms with Gasteiger partial charge in [0, 0.05) is 5.92 Å². The lowest BCUT2D eigenvalue weighted by Gasteiger charge is -2.08. The molecular formula is C11H19N3O2. The molecule has 3 N–H and O–H groups in total. The smallest absolute Gasteiger partial charge is 0.246 e. The lowest BCUT2D eigenvalue weighted by atomic mass is 10.1. The second kappa shape index (κ2) is 4.51. The Morgan fingerprint density at radius 3 is 2.81 bits per heavy atom. The monoisotopic (exact) mass is 225 g/mol. The lowest BCUT2D eigenvalue weighted by Crippen LogP contribution is -2.23. The molecule has 1 fully saturated rings. The van der Waals surface area contributed by atoms with Crippen LogP contribution in [-0.4, -0.2) is 21.4 Å². The predicted molar refractivity (Wildman–Crippen MR) is 58.7 cm³/mol. The summed E-state index contributed by atoms with van der Waals surface area (Å²) in [5.74, 6) is 2.21. The van der Waals surface area contributed by atoms with Crippen molar-refractivity contribution in [2.75, 3.05) is 0 Å². The van der Waals surface area contributed by atoms with Crippen LogP contribution < -0.4 is 5.73 Å². The minimum absolute atomic E-state index is 0.338. The van der Waals surface area contributed by atoms with Crippen molar-refractivity contribution in [2.45, 2.75) is 51.2 Å². The van der Waals surface area contributed by atoms with E-state index in [1.54, 1.807) is 6.92 Å². The Bertz CT molecular complexity index is 351. The van der Waals surface area contributed by atoms with Crippen LogP contribution in [0.5, 0.6) is 0 Å². The van der Waals surface area contributed by atoms with Crippen LogP contribution in [0.25, 0.3) is 0 Å². The molecule has 1 aliphatic carbocycles. The van der Waals surface area contributed by atoms with Gasteiger partial charge in [0.15, 0.2) is 5.82 Å². The molecule has 4 unspecified atom stereocenters. The molecule has 1 saturated carbocycles. The Hall–Kier alpha value is -0.940. The molecule has 1 aliphatic rings. The molecule has 0 amide bonds. The van der Waals surface area contributed by atoms with E-state index in [1.807, 2.05) is 0 Å². The van der Waals surface area contributed by atoms with Gasteiger partial charge < -0.3 is 15.4 Å². The van der Waals surface area contributed by atoms with Crippen molar-refractivity contribution < 1.29 is 9.63 Å². The van der Waals surface area contributed by atoms with E-state index >= 15 is 0 Å². The zero-order chi connectivity index (χ0) is 11.7. The van der Waals surface area contributed by atoms with Crippen LogP contribution >= 0.6 is 0 Å². The highest BCUT2D eigenvalue weighted by Crippen LogP contribution is 2.36. The number of hydrogen-bond donors (Lipinski definition) is 2. The molecule has 5 heteroatoms. The molecule has 5 nitrogen and oxygen atoms in total. The fourth-order valence-corrected chi connectivity index (χ4v) is 2.20. The normalized spacial score (nSPS) is 29.2. The lowest BCUT2D eigenvalue weighted by molar-refractivity contribution is 0.146. The summed E-state index contributed by atoms with van der Waals surface area (Å²) in [4.78, 5) is 4.29. The number of aliphatic hydroxyl groups is 1. The summed E-state index contributed by atoms with van der Waals surface area (Å²) < 4.78 is 5.09. The fourth-order valence-electron chi connectivity index (χ4n) is 2.20. The Morgan fingerprint density at radius 1 is 1.50 bits per heavy atom. The summed E-state index contributed by atoms with van der Waals surface area (Å²) in [5.41, 5.74) is 5.73. The molecule has 0 spiro atoms. The van der Waals surface area contributed by atoms with Gasteiger partial charge in [0.25, 0.3) is 0 Å². The molecule has 1 aromatic heterocycles. The molecule has 90 valence electrons. The average molecular weight is 225 g/mol. The van der Waals surface area contributed by atoms with E-state index in [0.29, 0.717) is 11.8 Å². The van der Waals surface area contributed by atoms with Crippen molar-refractivity contribution in [1.29, 1.82) is 0 Å². The van der Waals surface area contributed by atoms with Gasteiger partial charge in [-0.1, -0.05) is 12.1 Å². The largest absolute Gasteiger partial charge is 0.391 e. The molecule has 0 aromatic carbocycles. The SMILES string of the molecule is CC1CCC(c2noc(C(N)C(C)O)n2)C1. The number of hydrogen-bond acceptors (Lipinski definition) is 5. The molecule has 0 saturated heterocycles. The van der Waals surface area contributed by atoms with Gasteiger partial charge in [-0.15, -0.1) is 0 Å². The fraction of sp³-hybridized carbons (Fsp3) is 0.818. The molecule has 0 radical (unpaired) electrons. The summed E-state index contributed by atoms with van der Waals surface area (Å²) in [7, 11) is 0. The van der Waals surface area contributed by atoms with Crippen molar-refractivity contribution in [3.05, 3.63) is 11.7 Å². The minimum Gasteiger partial charge on any atom is -0.391 e. The summed E-state index contributed by atoms with van der Waals surface area (Å²) >= 11 is 0. The number of rotatable bonds is 3. The number of aliphatic hydroxyl groups excluding tert-OH is 1. The maximum Gasteiger partial charge on any atom is 0.246 e. The highest BCUT2D eigenvalue weighted by atomic mass is 16.5. The third-order valence-electron chi connectivity index (χ3n) is 3.32. The molecule has 2 rings (SSSR count). The number of aromatic nitrogens is 2. The van der Waals surface area contributed by atoms with Crippen molar-refractivity contribution in [3.8, 4) is 0 Å². The van der Waals surface area contributed by atoms with Crippen LogP contribution in [0.1, 0.15) is 56.8 Å². The molecule has 1 aromatic rings. The zero-order valence-corrected chi connectivity index (χ0v) is 9.76. The van der Waals surface area contributed by atoms with E-state index in [0.717, 1.165) is 24.6 Å². The maximum atomic E-state index is 9.34. The highest BCUT2D eigenvalue weighted by molar-refractivity contribution is 5.01. The topological polar surface area (TPSA) is 85.2 Å². The summed E-state index contributed by atoms with van der Waals surface area (Å²) in [5, 5.41) is 13.3. The Kier molecular flexibility index (Phi) is 3.25. The van der Waals surface area contributed by atoms with Gasteiger partial charge in [0.2, 0.25) is 5.89 Å². The Balaban J connectivity index is 2.07. The maximum absolute atomic E-state index is 9.34. The number of nitrogens with zero attached hydrogens (tertiary/aromatic N) is 2. The molecular weight excluding hydrogens is 206 g/mol. The second-order valence-electron chi connectivity index (χ2n) is 4.87. The van der Waals surface area contributed by atoms with Crippen LogP contribution in [0.3, 0.4) is 0 Å². The van der Waals surface area contributed by atoms with Crippen LogP contribution in [0.2, 0.25) is 0 Å². The molecule has 16 heavy (non-hydrogen) atoms. The molecule has 1 heterocycles. The number of nitrogens with two attached hydrogens (primary N) is 1. The highest BCUT2D eigenvalue weighted by Gasteiger charge is 2.28. The van der Waals surface area contributed by atoms with Crippen LogP contribution in [0.15, 0.2) is 4.52 Å². The van der Waals surface area contributed by atoms with Crippen LogP contribution in [0.4, 0.5) is 0 Å². The first-order valence-corrected chi connectivity index (χ1v) is 5.85. The van der Waals surface area contributed by atoms with Crippen LogP contribution in [0, 0.1) is 5.92 Å². The second-order valence-corrected chi connectivity index (χ2v) is 4.87. The summed E-state index contributed by atoms with van der Waals surface area (Å²) in [6, 6.07) is -0.583. The van der Waals surface area contributed by atoms with Gasteiger partial charge in [0.05, 0.1) is 6.10 Å². The first kappa shape index (κ1) is 11.5. The van der Waals surface area contributed by atoms with Gasteiger partial charge in [-0.2, -0.15) is 4.98 Å². The van der Waals surface area contributed by atoms with E-state index in [1.165, 1.54) is 6.42 Å². The first-order chi connectivity index (χ1) is 7.58. The van der Waals surface area contributed by atoms with Crippen molar-refractivity contribution >= 4 is 0 Å². The molecule has 0 aliphatic heterocycles. The van der Waals surface area contributed by atoms with E-state index < -0.39 is 12.1 Å². The minimum atomic E-state index is -0.671. The van der Waals surface area contributed by atoms with Crippen molar-refractivity contribution in [1.82, 2.24) is 10.1 Å².